The standard InChI is InChI=1S/C15H12F3N5O/c1-22-14(10-5-3-2-4-6-10)19-12(21-22)9-23-13(24)8-7-11(20-23)15(16,17)18/h2-8H,9H2,1H3. The van der Waals surface area contributed by atoms with E-state index < -0.39 is 17.4 Å². The third-order valence-corrected chi connectivity index (χ3v) is 3.29. The van der Waals surface area contributed by atoms with Gasteiger partial charge in [-0.3, -0.25) is 4.79 Å². The Morgan fingerprint density at radius 2 is 1.75 bits per heavy atom. The average molecular weight is 335 g/mol. The van der Waals surface area contributed by atoms with Crippen LogP contribution in [0.25, 0.3) is 11.4 Å². The molecular weight excluding hydrogens is 323 g/mol. The molecule has 9 heteroatoms. The first-order valence-corrected chi connectivity index (χ1v) is 6.95. The topological polar surface area (TPSA) is 65.6 Å². The van der Waals surface area contributed by atoms with Gasteiger partial charge in [-0.2, -0.15) is 23.4 Å². The van der Waals surface area contributed by atoms with Crippen molar-refractivity contribution in [3.8, 4) is 11.4 Å². The van der Waals surface area contributed by atoms with Gasteiger partial charge in [-0.1, -0.05) is 30.3 Å². The minimum Gasteiger partial charge on any atom is -0.268 e. The van der Waals surface area contributed by atoms with E-state index in [9.17, 15) is 18.0 Å². The first-order valence-electron chi connectivity index (χ1n) is 6.95. The van der Waals surface area contributed by atoms with Crippen LogP contribution in [0.1, 0.15) is 11.5 Å². The highest BCUT2D eigenvalue weighted by Crippen LogP contribution is 2.26. The van der Waals surface area contributed by atoms with E-state index in [0.717, 1.165) is 11.6 Å². The number of benzene rings is 1. The zero-order valence-electron chi connectivity index (χ0n) is 12.5. The third kappa shape index (κ3) is 3.19. The number of halogens is 3. The van der Waals surface area contributed by atoms with Crippen molar-refractivity contribution < 1.29 is 13.2 Å². The number of alkyl halides is 3. The summed E-state index contributed by atoms with van der Waals surface area (Å²) in [5.41, 5.74) is -0.985. The Labute approximate surface area is 134 Å². The van der Waals surface area contributed by atoms with Crippen molar-refractivity contribution in [3.63, 3.8) is 0 Å². The maximum atomic E-state index is 12.7. The number of nitrogens with zero attached hydrogens (tertiary/aromatic N) is 5. The molecule has 0 bridgehead atoms. The van der Waals surface area contributed by atoms with Crippen LogP contribution in [-0.2, 0) is 19.8 Å². The van der Waals surface area contributed by atoms with E-state index >= 15 is 0 Å². The molecule has 0 radical (unpaired) electrons. The van der Waals surface area contributed by atoms with Gasteiger partial charge in [0.05, 0.1) is 0 Å². The lowest BCUT2D eigenvalue weighted by molar-refractivity contribution is -0.142. The van der Waals surface area contributed by atoms with Gasteiger partial charge in [0.15, 0.2) is 17.3 Å². The normalized spacial score (nSPS) is 11.7. The lowest BCUT2D eigenvalue weighted by Gasteiger charge is -2.07. The van der Waals surface area contributed by atoms with Crippen molar-refractivity contribution in [2.75, 3.05) is 0 Å². The van der Waals surface area contributed by atoms with E-state index in [0.29, 0.717) is 16.6 Å². The van der Waals surface area contributed by atoms with Crippen molar-refractivity contribution in [2.45, 2.75) is 12.7 Å². The molecule has 0 spiro atoms. The van der Waals surface area contributed by atoms with Crippen LogP contribution < -0.4 is 5.56 Å². The molecule has 0 aliphatic rings. The van der Waals surface area contributed by atoms with Crippen LogP contribution >= 0.6 is 0 Å². The molecule has 3 aromatic rings. The second kappa shape index (κ2) is 5.91. The summed E-state index contributed by atoms with van der Waals surface area (Å²) in [5.74, 6) is 0.746. The molecule has 1 aromatic carbocycles. The van der Waals surface area contributed by atoms with Crippen molar-refractivity contribution in [3.05, 3.63) is 64.3 Å². The quantitative estimate of drug-likeness (QED) is 0.735. The Bertz CT molecular complexity index is 915. The maximum Gasteiger partial charge on any atom is 0.435 e. The van der Waals surface area contributed by atoms with E-state index in [1.807, 2.05) is 30.3 Å². The molecule has 0 aliphatic heterocycles. The van der Waals surface area contributed by atoms with E-state index in [1.165, 1.54) is 4.68 Å². The molecule has 0 unspecified atom stereocenters. The van der Waals surface area contributed by atoms with Gasteiger partial charge in [0.25, 0.3) is 5.56 Å². The monoisotopic (exact) mass is 335 g/mol. The van der Waals surface area contributed by atoms with Gasteiger partial charge in [-0.15, -0.1) is 0 Å². The summed E-state index contributed by atoms with van der Waals surface area (Å²) >= 11 is 0. The van der Waals surface area contributed by atoms with Crippen LogP contribution in [0.2, 0.25) is 0 Å². The van der Waals surface area contributed by atoms with Crippen LogP contribution in [0.15, 0.2) is 47.3 Å². The fourth-order valence-corrected chi connectivity index (χ4v) is 2.19. The van der Waals surface area contributed by atoms with Gasteiger partial charge in [0.2, 0.25) is 0 Å². The molecule has 0 aliphatic carbocycles. The highest BCUT2D eigenvalue weighted by Gasteiger charge is 2.33. The largest absolute Gasteiger partial charge is 0.435 e. The highest BCUT2D eigenvalue weighted by atomic mass is 19.4. The van der Waals surface area contributed by atoms with Gasteiger partial charge in [0, 0.05) is 18.7 Å². The van der Waals surface area contributed by atoms with E-state index in [4.69, 9.17) is 0 Å². The summed E-state index contributed by atoms with van der Waals surface area (Å²) < 4.78 is 40.3. The molecule has 6 nitrogen and oxygen atoms in total. The summed E-state index contributed by atoms with van der Waals surface area (Å²) in [4.78, 5) is 16.0. The summed E-state index contributed by atoms with van der Waals surface area (Å²) in [6, 6.07) is 10.7. The Hall–Kier alpha value is -2.97. The van der Waals surface area contributed by atoms with Crippen LogP contribution in [0.4, 0.5) is 13.2 Å². The summed E-state index contributed by atoms with van der Waals surface area (Å²) in [6.07, 6.45) is -4.62. The van der Waals surface area contributed by atoms with E-state index in [1.54, 1.807) is 7.05 Å². The molecule has 0 N–H and O–H groups in total. The summed E-state index contributed by atoms with van der Waals surface area (Å²) in [6.45, 7) is -0.247. The molecular formula is C15H12F3N5O. The van der Waals surface area contributed by atoms with Crippen molar-refractivity contribution >= 4 is 0 Å². The van der Waals surface area contributed by atoms with Gasteiger partial charge in [0.1, 0.15) is 6.54 Å². The zero-order valence-corrected chi connectivity index (χ0v) is 12.5. The molecule has 124 valence electrons. The molecule has 0 saturated heterocycles. The molecule has 2 heterocycles. The molecule has 0 saturated carbocycles. The van der Waals surface area contributed by atoms with Crippen molar-refractivity contribution in [1.29, 1.82) is 0 Å². The maximum absolute atomic E-state index is 12.7. The first kappa shape index (κ1) is 15.9. The lowest BCUT2D eigenvalue weighted by atomic mass is 10.2. The smallest absolute Gasteiger partial charge is 0.268 e. The zero-order chi connectivity index (χ0) is 17.3. The van der Waals surface area contributed by atoms with Gasteiger partial charge >= 0.3 is 6.18 Å². The van der Waals surface area contributed by atoms with Gasteiger partial charge < -0.3 is 0 Å². The van der Waals surface area contributed by atoms with Crippen LogP contribution in [0, 0.1) is 0 Å². The first-order chi connectivity index (χ1) is 11.3. The Morgan fingerprint density at radius 3 is 2.42 bits per heavy atom. The minimum atomic E-state index is -4.62. The summed E-state index contributed by atoms with van der Waals surface area (Å²) in [5, 5.41) is 7.48. The Kier molecular flexibility index (Phi) is 3.92. The predicted octanol–water partition coefficient (Wildman–Crippen LogP) is 2.11. The predicted molar refractivity (Wildman–Crippen MR) is 79.0 cm³/mol. The van der Waals surface area contributed by atoms with E-state index in [-0.39, 0.29) is 12.4 Å². The van der Waals surface area contributed by atoms with Crippen LogP contribution in [0.5, 0.6) is 0 Å². The molecule has 24 heavy (non-hydrogen) atoms. The third-order valence-electron chi connectivity index (χ3n) is 3.29. The Morgan fingerprint density at radius 1 is 1.04 bits per heavy atom. The van der Waals surface area contributed by atoms with Crippen molar-refractivity contribution in [2.24, 2.45) is 7.05 Å². The molecule has 3 rings (SSSR count). The fraction of sp³-hybridized carbons (Fsp3) is 0.200. The summed E-state index contributed by atoms with van der Waals surface area (Å²) in [7, 11) is 1.67. The second-order valence-electron chi connectivity index (χ2n) is 5.05. The number of aryl methyl sites for hydroxylation is 1. The van der Waals surface area contributed by atoms with Crippen LogP contribution in [0.3, 0.4) is 0 Å². The van der Waals surface area contributed by atoms with Gasteiger partial charge in [-0.05, 0) is 6.07 Å². The number of hydrogen-bond acceptors (Lipinski definition) is 4. The second-order valence-corrected chi connectivity index (χ2v) is 5.05. The molecule has 0 fully saturated rings. The molecule has 0 amide bonds. The molecule has 2 aromatic heterocycles. The van der Waals surface area contributed by atoms with Crippen LogP contribution in [-0.4, -0.2) is 24.5 Å². The highest BCUT2D eigenvalue weighted by molar-refractivity contribution is 5.54. The van der Waals surface area contributed by atoms with E-state index in [2.05, 4.69) is 15.2 Å². The SMILES string of the molecule is Cn1nc(Cn2nc(C(F)(F)F)ccc2=O)nc1-c1ccccc1. The number of aromatic nitrogens is 5. The number of rotatable bonds is 3. The van der Waals surface area contributed by atoms with Crippen molar-refractivity contribution in [1.82, 2.24) is 24.5 Å². The van der Waals surface area contributed by atoms with Gasteiger partial charge in [-0.25, -0.2) is 14.3 Å². The lowest BCUT2D eigenvalue weighted by Crippen LogP contribution is -2.26. The fourth-order valence-electron chi connectivity index (χ4n) is 2.19. The average Bonchev–Trinajstić information content (AvgIpc) is 2.90. The minimum absolute atomic E-state index is 0.199. The Balaban J connectivity index is 1.94. The molecule has 0 atom stereocenters. The number of hydrogen-bond donors (Lipinski definition) is 0.